The third kappa shape index (κ3) is 2.44. The maximum Gasteiger partial charge on any atom is 0.208 e. The fourth-order valence-corrected chi connectivity index (χ4v) is 1.36. The molecule has 1 N–H and O–H groups in total. The molecule has 0 radical (unpaired) electrons. The van der Waals surface area contributed by atoms with Gasteiger partial charge in [0.25, 0.3) is 0 Å². The molecule has 0 fully saturated rings. The van der Waals surface area contributed by atoms with Gasteiger partial charge in [-0.2, -0.15) is 0 Å². The number of rotatable bonds is 4. The molecule has 3 heteroatoms. The summed E-state index contributed by atoms with van der Waals surface area (Å²) in [5.41, 5.74) is 1.06. The van der Waals surface area contributed by atoms with Gasteiger partial charge in [-0.3, -0.25) is 0 Å². The van der Waals surface area contributed by atoms with Crippen LogP contribution in [0.3, 0.4) is 0 Å². The molecular formula is C12H14N2O. The average molecular weight is 202 g/mol. The number of oxazole rings is 1. The molecule has 0 spiro atoms. The Kier molecular flexibility index (Phi) is 3.15. The normalized spacial score (nSPS) is 10.5. The van der Waals surface area contributed by atoms with E-state index in [9.17, 15) is 0 Å². The van der Waals surface area contributed by atoms with Gasteiger partial charge in [-0.15, -0.1) is 0 Å². The third-order valence-electron chi connectivity index (χ3n) is 2.14. The van der Waals surface area contributed by atoms with Crippen molar-refractivity contribution in [3.05, 3.63) is 42.4 Å². The summed E-state index contributed by atoms with van der Waals surface area (Å²) in [7, 11) is 0. The van der Waals surface area contributed by atoms with Gasteiger partial charge in [0, 0.05) is 5.56 Å². The number of benzene rings is 1. The van der Waals surface area contributed by atoms with Gasteiger partial charge in [-0.1, -0.05) is 37.3 Å². The summed E-state index contributed by atoms with van der Waals surface area (Å²) >= 11 is 0. The largest absolute Gasteiger partial charge is 0.439 e. The second-order valence-corrected chi connectivity index (χ2v) is 3.26. The zero-order valence-corrected chi connectivity index (χ0v) is 8.73. The zero-order valence-electron chi connectivity index (χ0n) is 8.73. The number of hydrogen-bond acceptors (Lipinski definition) is 3. The first-order valence-corrected chi connectivity index (χ1v) is 5.11. The Morgan fingerprint density at radius 3 is 2.80 bits per heavy atom. The Balaban J connectivity index is 2.14. The standard InChI is InChI=1S/C12H14N2O/c1-2-13-9-12-14-8-11(15-12)10-6-4-3-5-7-10/h3-8,13H,2,9H2,1H3. The van der Waals surface area contributed by atoms with E-state index in [0.717, 1.165) is 23.8 Å². The van der Waals surface area contributed by atoms with Gasteiger partial charge in [0.1, 0.15) is 0 Å². The minimum atomic E-state index is 0.684. The first kappa shape index (κ1) is 9.93. The van der Waals surface area contributed by atoms with Crippen LogP contribution in [0.2, 0.25) is 0 Å². The van der Waals surface area contributed by atoms with Gasteiger partial charge in [0.15, 0.2) is 5.76 Å². The van der Waals surface area contributed by atoms with Crippen molar-refractivity contribution in [1.29, 1.82) is 0 Å². The van der Waals surface area contributed by atoms with Crippen molar-refractivity contribution in [2.75, 3.05) is 6.54 Å². The van der Waals surface area contributed by atoms with Crippen LogP contribution < -0.4 is 5.32 Å². The van der Waals surface area contributed by atoms with Crippen LogP contribution in [-0.4, -0.2) is 11.5 Å². The van der Waals surface area contributed by atoms with Crippen LogP contribution in [0.15, 0.2) is 40.9 Å². The summed E-state index contributed by atoms with van der Waals surface area (Å²) in [5, 5.41) is 3.17. The van der Waals surface area contributed by atoms with E-state index in [2.05, 4.69) is 17.2 Å². The lowest BCUT2D eigenvalue weighted by atomic mass is 10.2. The predicted molar refractivity (Wildman–Crippen MR) is 59.3 cm³/mol. The topological polar surface area (TPSA) is 38.1 Å². The molecule has 0 unspecified atom stereocenters. The Labute approximate surface area is 89.1 Å². The van der Waals surface area contributed by atoms with Gasteiger partial charge in [-0.25, -0.2) is 4.98 Å². The SMILES string of the molecule is CCNCc1ncc(-c2ccccc2)o1. The quantitative estimate of drug-likeness (QED) is 0.827. The Morgan fingerprint density at radius 2 is 2.07 bits per heavy atom. The molecular weight excluding hydrogens is 188 g/mol. The molecule has 2 aromatic rings. The maximum absolute atomic E-state index is 5.60. The van der Waals surface area contributed by atoms with E-state index >= 15 is 0 Å². The summed E-state index contributed by atoms with van der Waals surface area (Å²) < 4.78 is 5.60. The first-order valence-electron chi connectivity index (χ1n) is 5.11. The van der Waals surface area contributed by atoms with E-state index in [1.54, 1.807) is 6.20 Å². The average Bonchev–Trinajstić information content (AvgIpc) is 2.76. The van der Waals surface area contributed by atoms with Crippen molar-refractivity contribution in [1.82, 2.24) is 10.3 Å². The fourth-order valence-electron chi connectivity index (χ4n) is 1.36. The fraction of sp³-hybridized carbons (Fsp3) is 0.250. The van der Waals surface area contributed by atoms with E-state index in [1.807, 2.05) is 30.3 Å². The molecule has 0 aliphatic heterocycles. The lowest BCUT2D eigenvalue weighted by Gasteiger charge is -1.96. The van der Waals surface area contributed by atoms with Crippen molar-refractivity contribution in [2.45, 2.75) is 13.5 Å². The highest BCUT2D eigenvalue weighted by Crippen LogP contribution is 2.19. The number of nitrogens with zero attached hydrogens (tertiary/aromatic N) is 1. The van der Waals surface area contributed by atoms with Gasteiger partial charge in [0.2, 0.25) is 5.89 Å². The lowest BCUT2D eigenvalue weighted by Crippen LogP contribution is -2.11. The van der Waals surface area contributed by atoms with Gasteiger partial charge >= 0.3 is 0 Å². The highest BCUT2D eigenvalue weighted by molar-refractivity contribution is 5.55. The van der Waals surface area contributed by atoms with Crippen LogP contribution in [0.4, 0.5) is 0 Å². The highest BCUT2D eigenvalue weighted by atomic mass is 16.4. The number of aromatic nitrogens is 1. The van der Waals surface area contributed by atoms with Crippen LogP contribution in [-0.2, 0) is 6.54 Å². The monoisotopic (exact) mass is 202 g/mol. The van der Waals surface area contributed by atoms with E-state index < -0.39 is 0 Å². The van der Waals surface area contributed by atoms with Crippen molar-refractivity contribution >= 4 is 0 Å². The van der Waals surface area contributed by atoms with E-state index in [0.29, 0.717) is 6.54 Å². The summed E-state index contributed by atoms with van der Waals surface area (Å²) in [5.74, 6) is 1.55. The molecule has 1 aromatic heterocycles. The molecule has 0 saturated heterocycles. The molecule has 3 nitrogen and oxygen atoms in total. The molecule has 0 bridgehead atoms. The molecule has 1 heterocycles. The van der Waals surface area contributed by atoms with Crippen molar-refractivity contribution in [2.24, 2.45) is 0 Å². The number of nitrogens with one attached hydrogen (secondary N) is 1. The summed E-state index contributed by atoms with van der Waals surface area (Å²) in [6.07, 6.45) is 1.77. The molecule has 0 amide bonds. The van der Waals surface area contributed by atoms with Crippen LogP contribution in [0.1, 0.15) is 12.8 Å². The molecule has 0 aliphatic rings. The van der Waals surface area contributed by atoms with Crippen molar-refractivity contribution in [3.8, 4) is 11.3 Å². The summed E-state index contributed by atoms with van der Waals surface area (Å²) in [6.45, 7) is 3.66. The van der Waals surface area contributed by atoms with Crippen LogP contribution in [0, 0.1) is 0 Å². The van der Waals surface area contributed by atoms with Crippen LogP contribution in [0.25, 0.3) is 11.3 Å². The van der Waals surface area contributed by atoms with Crippen molar-refractivity contribution in [3.63, 3.8) is 0 Å². The molecule has 2 rings (SSSR count). The smallest absolute Gasteiger partial charge is 0.208 e. The van der Waals surface area contributed by atoms with Gasteiger partial charge in [-0.05, 0) is 6.54 Å². The summed E-state index contributed by atoms with van der Waals surface area (Å²) in [4.78, 5) is 4.20. The molecule has 1 aromatic carbocycles. The van der Waals surface area contributed by atoms with Crippen LogP contribution >= 0.6 is 0 Å². The van der Waals surface area contributed by atoms with Crippen LogP contribution in [0.5, 0.6) is 0 Å². The Bertz CT molecular complexity index is 409. The summed E-state index contributed by atoms with van der Waals surface area (Å²) in [6, 6.07) is 9.98. The predicted octanol–water partition coefficient (Wildman–Crippen LogP) is 2.45. The van der Waals surface area contributed by atoms with Crippen molar-refractivity contribution < 1.29 is 4.42 Å². The molecule has 15 heavy (non-hydrogen) atoms. The molecule has 78 valence electrons. The van der Waals surface area contributed by atoms with Gasteiger partial charge in [0.05, 0.1) is 12.7 Å². The van der Waals surface area contributed by atoms with E-state index in [1.165, 1.54) is 0 Å². The highest BCUT2D eigenvalue weighted by Gasteiger charge is 2.04. The first-order chi connectivity index (χ1) is 7.40. The molecule has 0 saturated carbocycles. The molecule has 0 aliphatic carbocycles. The second kappa shape index (κ2) is 4.75. The Hall–Kier alpha value is -1.61. The van der Waals surface area contributed by atoms with E-state index in [-0.39, 0.29) is 0 Å². The second-order valence-electron chi connectivity index (χ2n) is 3.26. The van der Waals surface area contributed by atoms with Gasteiger partial charge < -0.3 is 9.73 Å². The minimum absolute atomic E-state index is 0.684. The third-order valence-corrected chi connectivity index (χ3v) is 2.14. The minimum Gasteiger partial charge on any atom is -0.439 e. The van der Waals surface area contributed by atoms with E-state index in [4.69, 9.17) is 4.42 Å². The zero-order chi connectivity index (χ0) is 10.5. The number of hydrogen-bond donors (Lipinski definition) is 1. The lowest BCUT2D eigenvalue weighted by molar-refractivity contribution is 0.482. The Morgan fingerprint density at radius 1 is 1.27 bits per heavy atom. The maximum atomic E-state index is 5.60. The molecule has 0 atom stereocenters.